The fraction of sp³-hybridized carbons (Fsp3) is 0.286. The standard InChI is InChI=1S/C21H21N5S/c1-26(21-17-7-9-23-20(17)24-13-25-21)16-10-14(11-16)12-27-18-6-2-4-15-5-3-8-22-19(15)18/h2-9,13-14,16H,10-12H2,1H3,(H,23,24,25)/t14-,16+. The van der Waals surface area contributed by atoms with Crippen LogP contribution in [0.15, 0.2) is 60.0 Å². The highest BCUT2D eigenvalue weighted by Gasteiger charge is 2.33. The van der Waals surface area contributed by atoms with Gasteiger partial charge in [0.15, 0.2) is 0 Å². The summed E-state index contributed by atoms with van der Waals surface area (Å²) in [5.74, 6) is 2.91. The second kappa shape index (κ2) is 6.85. The largest absolute Gasteiger partial charge is 0.356 e. The summed E-state index contributed by atoms with van der Waals surface area (Å²) < 4.78 is 0. The number of fused-ring (bicyclic) bond motifs is 2. The van der Waals surface area contributed by atoms with Gasteiger partial charge in [0, 0.05) is 41.5 Å². The van der Waals surface area contributed by atoms with E-state index in [2.05, 4.69) is 62.2 Å². The number of nitrogens with zero attached hydrogens (tertiary/aromatic N) is 4. The summed E-state index contributed by atoms with van der Waals surface area (Å²) in [5.41, 5.74) is 2.02. The third-order valence-corrected chi connectivity index (χ3v) is 6.77. The maximum atomic E-state index is 4.56. The number of aromatic amines is 1. The molecule has 0 aliphatic heterocycles. The van der Waals surface area contributed by atoms with Gasteiger partial charge in [0.25, 0.3) is 0 Å². The van der Waals surface area contributed by atoms with Gasteiger partial charge < -0.3 is 9.88 Å². The van der Waals surface area contributed by atoms with Gasteiger partial charge in [-0.2, -0.15) is 0 Å². The number of H-pyrrole nitrogens is 1. The first kappa shape index (κ1) is 16.6. The number of aromatic nitrogens is 4. The number of hydrogen-bond donors (Lipinski definition) is 1. The highest BCUT2D eigenvalue weighted by molar-refractivity contribution is 7.99. The number of thioether (sulfide) groups is 1. The van der Waals surface area contributed by atoms with E-state index in [0.29, 0.717) is 6.04 Å². The smallest absolute Gasteiger partial charge is 0.142 e. The second-order valence-electron chi connectivity index (χ2n) is 7.18. The van der Waals surface area contributed by atoms with Crippen molar-refractivity contribution in [1.29, 1.82) is 0 Å². The zero-order valence-corrected chi connectivity index (χ0v) is 16.0. The highest BCUT2D eigenvalue weighted by atomic mass is 32.2. The summed E-state index contributed by atoms with van der Waals surface area (Å²) in [6.07, 6.45) is 7.86. The van der Waals surface area contributed by atoms with Crippen LogP contribution >= 0.6 is 11.8 Å². The normalized spacial score (nSPS) is 19.3. The lowest BCUT2D eigenvalue weighted by Gasteiger charge is -2.41. The molecule has 0 amide bonds. The molecule has 1 aliphatic carbocycles. The molecule has 27 heavy (non-hydrogen) atoms. The minimum absolute atomic E-state index is 0.550. The molecule has 0 bridgehead atoms. The first-order chi connectivity index (χ1) is 13.3. The highest BCUT2D eigenvalue weighted by Crippen LogP contribution is 2.39. The molecule has 5 rings (SSSR count). The number of hydrogen-bond acceptors (Lipinski definition) is 5. The van der Waals surface area contributed by atoms with Crippen LogP contribution in [0.5, 0.6) is 0 Å². The van der Waals surface area contributed by atoms with E-state index in [1.165, 1.54) is 23.1 Å². The Kier molecular flexibility index (Phi) is 4.20. The van der Waals surface area contributed by atoms with Crippen molar-refractivity contribution in [3.63, 3.8) is 0 Å². The van der Waals surface area contributed by atoms with Crippen molar-refractivity contribution in [3.8, 4) is 0 Å². The van der Waals surface area contributed by atoms with Crippen molar-refractivity contribution in [2.75, 3.05) is 17.7 Å². The van der Waals surface area contributed by atoms with Crippen LogP contribution in [-0.4, -0.2) is 38.8 Å². The van der Waals surface area contributed by atoms with Gasteiger partial charge in [-0.3, -0.25) is 4.98 Å². The molecule has 0 unspecified atom stereocenters. The van der Waals surface area contributed by atoms with Crippen LogP contribution in [0.1, 0.15) is 12.8 Å². The van der Waals surface area contributed by atoms with Crippen LogP contribution < -0.4 is 4.90 Å². The van der Waals surface area contributed by atoms with Crippen molar-refractivity contribution >= 4 is 39.5 Å². The number of benzene rings is 1. The van der Waals surface area contributed by atoms with Gasteiger partial charge in [0.05, 0.1) is 10.9 Å². The first-order valence-electron chi connectivity index (χ1n) is 9.27. The Morgan fingerprint density at radius 3 is 2.93 bits per heavy atom. The fourth-order valence-corrected chi connectivity index (χ4v) is 5.04. The number of rotatable bonds is 5. The molecular formula is C21H21N5S. The number of nitrogens with one attached hydrogen (secondary N) is 1. The minimum Gasteiger partial charge on any atom is -0.356 e. The van der Waals surface area contributed by atoms with Crippen LogP contribution in [0.2, 0.25) is 0 Å². The molecule has 1 saturated carbocycles. The Labute approximate surface area is 162 Å². The topological polar surface area (TPSA) is 57.7 Å². The van der Waals surface area contributed by atoms with E-state index in [4.69, 9.17) is 0 Å². The average Bonchev–Trinajstić information content (AvgIpc) is 3.15. The molecule has 5 nitrogen and oxygen atoms in total. The lowest BCUT2D eigenvalue weighted by atomic mass is 9.81. The first-order valence-corrected chi connectivity index (χ1v) is 10.3. The van der Waals surface area contributed by atoms with E-state index in [1.807, 2.05) is 30.2 Å². The predicted octanol–water partition coefficient (Wildman–Crippen LogP) is 4.51. The molecule has 6 heteroatoms. The lowest BCUT2D eigenvalue weighted by Crippen LogP contribution is -2.43. The van der Waals surface area contributed by atoms with E-state index in [1.54, 1.807) is 6.33 Å². The molecule has 1 N–H and O–H groups in total. The molecular weight excluding hydrogens is 354 g/mol. The van der Waals surface area contributed by atoms with Crippen molar-refractivity contribution in [3.05, 3.63) is 55.1 Å². The minimum atomic E-state index is 0.550. The molecule has 0 radical (unpaired) electrons. The zero-order chi connectivity index (χ0) is 18.2. The summed E-state index contributed by atoms with van der Waals surface area (Å²) in [5, 5.41) is 2.31. The number of para-hydroxylation sites is 1. The molecule has 1 fully saturated rings. The molecule has 4 aromatic rings. The number of pyridine rings is 1. The van der Waals surface area contributed by atoms with Crippen molar-refractivity contribution in [1.82, 2.24) is 19.9 Å². The van der Waals surface area contributed by atoms with Gasteiger partial charge in [-0.15, -0.1) is 11.8 Å². The maximum absolute atomic E-state index is 4.56. The molecule has 0 saturated heterocycles. The SMILES string of the molecule is CN(c1ncnc2[nH]ccc12)[C@H]1C[C@@H](CSc2cccc3cccnc23)C1. The van der Waals surface area contributed by atoms with Crippen molar-refractivity contribution < 1.29 is 0 Å². The maximum Gasteiger partial charge on any atom is 0.142 e. The van der Waals surface area contributed by atoms with E-state index >= 15 is 0 Å². The molecule has 0 atom stereocenters. The Morgan fingerprint density at radius 1 is 1.11 bits per heavy atom. The quantitative estimate of drug-likeness (QED) is 0.520. The van der Waals surface area contributed by atoms with Gasteiger partial charge >= 0.3 is 0 Å². The monoisotopic (exact) mass is 375 g/mol. The summed E-state index contributed by atoms with van der Waals surface area (Å²) in [6, 6.07) is 13.2. The number of anilines is 1. The van der Waals surface area contributed by atoms with Gasteiger partial charge in [-0.1, -0.05) is 18.2 Å². The Hall–Kier alpha value is -2.60. The van der Waals surface area contributed by atoms with Gasteiger partial charge in [-0.05, 0) is 37.0 Å². The molecule has 3 aromatic heterocycles. The Balaban J connectivity index is 1.23. The summed E-state index contributed by atoms with van der Waals surface area (Å²) in [4.78, 5) is 20.1. The molecule has 3 heterocycles. The van der Waals surface area contributed by atoms with E-state index in [0.717, 1.165) is 34.0 Å². The zero-order valence-electron chi connectivity index (χ0n) is 15.2. The summed E-state index contributed by atoms with van der Waals surface area (Å²) >= 11 is 1.94. The molecule has 1 aliphatic rings. The second-order valence-corrected chi connectivity index (χ2v) is 8.24. The van der Waals surface area contributed by atoms with Crippen LogP contribution in [0, 0.1) is 5.92 Å². The van der Waals surface area contributed by atoms with Crippen LogP contribution in [0.4, 0.5) is 5.82 Å². The summed E-state index contributed by atoms with van der Waals surface area (Å²) in [7, 11) is 2.15. The third kappa shape index (κ3) is 3.04. The van der Waals surface area contributed by atoms with E-state index < -0.39 is 0 Å². The Morgan fingerprint density at radius 2 is 2.00 bits per heavy atom. The molecule has 1 aromatic carbocycles. The van der Waals surface area contributed by atoms with E-state index in [9.17, 15) is 0 Å². The van der Waals surface area contributed by atoms with Crippen LogP contribution in [0.25, 0.3) is 21.9 Å². The molecule has 136 valence electrons. The predicted molar refractivity (Wildman–Crippen MR) is 111 cm³/mol. The average molecular weight is 376 g/mol. The van der Waals surface area contributed by atoms with Gasteiger partial charge in [-0.25, -0.2) is 9.97 Å². The van der Waals surface area contributed by atoms with Crippen molar-refractivity contribution in [2.24, 2.45) is 5.92 Å². The van der Waals surface area contributed by atoms with Gasteiger partial charge in [0.2, 0.25) is 0 Å². The van der Waals surface area contributed by atoms with E-state index in [-0.39, 0.29) is 0 Å². The fourth-order valence-electron chi connectivity index (χ4n) is 3.87. The van der Waals surface area contributed by atoms with Crippen LogP contribution in [0.3, 0.4) is 0 Å². The Bertz CT molecular complexity index is 1080. The molecule has 0 spiro atoms. The van der Waals surface area contributed by atoms with Gasteiger partial charge in [0.1, 0.15) is 17.8 Å². The van der Waals surface area contributed by atoms with Crippen molar-refractivity contribution in [2.45, 2.75) is 23.8 Å². The summed E-state index contributed by atoms with van der Waals surface area (Å²) in [6.45, 7) is 0. The van der Waals surface area contributed by atoms with Crippen LogP contribution in [-0.2, 0) is 0 Å². The third-order valence-electron chi connectivity index (χ3n) is 5.50. The lowest BCUT2D eigenvalue weighted by molar-refractivity contribution is 0.286.